The first-order chi connectivity index (χ1) is 9.68. The molecule has 106 valence electrons. The van der Waals surface area contributed by atoms with Crippen molar-refractivity contribution >= 4 is 5.82 Å². The lowest BCUT2D eigenvalue weighted by Crippen LogP contribution is -2.27. The van der Waals surface area contributed by atoms with Crippen LogP contribution >= 0.6 is 0 Å². The molecule has 1 aromatic heterocycles. The van der Waals surface area contributed by atoms with E-state index in [1.165, 1.54) is 0 Å². The molecule has 0 aliphatic carbocycles. The Morgan fingerprint density at radius 2 is 2.05 bits per heavy atom. The van der Waals surface area contributed by atoms with Crippen LogP contribution in [0.15, 0.2) is 47.5 Å². The van der Waals surface area contributed by atoms with Gasteiger partial charge in [-0.2, -0.15) is 0 Å². The third-order valence-corrected chi connectivity index (χ3v) is 2.83. The molecule has 1 aromatic carbocycles. The zero-order valence-electron chi connectivity index (χ0n) is 11.7. The molecule has 0 aliphatic rings. The van der Waals surface area contributed by atoms with Gasteiger partial charge >= 0.3 is 0 Å². The van der Waals surface area contributed by atoms with E-state index in [1.54, 1.807) is 17.0 Å². The number of anilines is 1. The Labute approximate surface area is 118 Å². The molecule has 0 radical (unpaired) electrons. The first-order valence-electron chi connectivity index (χ1n) is 6.67. The highest BCUT2D eigenvalue weighted by Crippen LogP contribution is 2.07. The summed E-state index contributed by atoms with van der Waals surface area (Å²) >= 11 is 0. The fraction of sp³-hybridized carbons (Fsp3) is 0.333. The van der Waals surface area contributed by atoms with E-state index in [0.717, 1.165) is 5.75 Å². The van der Waals surface area contributed by atoms with E-state index in [2.05, 4.69) is 10.3 Å². The third-order valence-electron chi connectivity index (χ3n) is 2.83. The van der Waals surface area contributed by atoms with E-state index in [9.17, 15) is 4.79 Å². The Morgan fingerprint density at radius 3 is 2.75 bits per heavy atom. The van der Waals surface area contributed by atoms with Gasteiger partial charge < -0.3 is 14.6 Å². The SMILES string of the molecule is CC(C)n1ccnc(NCCOc2ccccc2)c1=O. The Bertz CT molecular complexity index is 594. The van der Waals surface area contributed by atoms with Crippen LogP contribution in [0.4, 0.5) is 5.82 Å². The van der Waals surface area contributed by atoms with Crippen molar-refractivity contribution in [3.8, 4) is 5.75 Å². The fourth-order valence-electron chi connectivity index (χ4n) is 1.81. The van der Waals surface area contributed by atoms with E-state index in [1.807, 2.05) is 44.2 Å². The van der Waals surface area contributed by atoms with Crippen LogP contribution in [0.3, 0.4) is 0 Å². The number of benzene rings is 1. The zero-order valence-corrected chi connectivity index (χ0v) is 11.7. The first-order valence-corrected chi connectivity index (χ1v) is 6.67. The van der Waals surface area contributed by atoms with Gasteiger partial charge in [-0.15, -0.1) is 0 Å². The standard InChI is InChI=1S/C15H19N3O2/c1-12(2)18-10-8-16-14(15(18)19)17-9-11-20-13-6-4-3-5-7-13/h3-8,10,12H,9,11H2,1-2H3,(H,16,17). The zero-order chi connectivity index (χ0) is 14.4. The Morgan fingerprint density at radius 1 is 1.30 bits per heavy atom. The number of rotatable bonds is 6. The second-order valence-electron chi connectivity index (χ2n) is 4.67. The van der Waals surface area contributed by atoms with E-state index in [4.69, 9.17) is 4.74 Å². The van der Waals surface area contributed by atoms with Crippen LogP contribution < -0.4 is 15.6 Å². The van der Waals surface area contributed by atoms with Gasteiger partial charge in [0.15, 0.2) is 5.82 Å². The van der Waals surface area contributed by atoms with E-state index in [-0.39, 0.29) is 11.6 Å². The predicted molar refractivity (Wildman–Crippen MR) is 79.3 cm³/mol. The summed E-state index contributed by atoms with van der Waals surface area (Å²) in [6.45, 7) is 4.92. The van der Waals surface area contributed by atoms with Gasteiger partial charge in [-0.05, 0) is 26.0 Å². The minimum atomic E-state index is -0.109. The monoisotopic (exact) mass is 273 g/mol. The van der Waals surface area contributed by atoms with Gasteiger partial charge in [0.2, 0.25) is 0 Å². The average molecular weight is 273 g/mol. The van der Waals surface area contributed by atoms with Gasteiger partial charge in [-0.1, -0.05) is 18.2 Å². The molecule has 1 heterocycles. The van der Waals surface area contributed by atoms with Gasteiger partial charge in [-0.25, -0.2) is 4.98 Å². The molecule has 0 saturated heterocycles. The lowest BCUT2D eigenvalue weighted by Gasteiger charge is -2.12. The second-order valence-corrected chi connectivity index (χ2v) is 4.67. The predicted octanol–water partition coefficient (Wildman–Crippen LogP) is 2.32. The van der Waals surface area contributed by atoms with Crippen LogP contribution in [-0.2, 0) is 0 Å². The molecule has 0 spiro atoms. The van der Waals surface area contributed by atoms with Crippen molar-refractivity contribution in [3.05, 3.63) is 53.1 Å². The number of nitrogens with one attached hydrogen (secondary N) is 1. The minimum absolute atomic E-state index is 0.109. The van der Waals surface area contributed by atoms with Crippen LogP contribution in [0.25, 0.3) is 0 Å². The highest BCUT2D eigenvalue weighted by Gasteiger charge is 2.06. The highest BCUT2D eigenvalue weighted by molar-refractivity contribution is 5.30. The van der Waals surface area contributed by atoms with E-state index < -0.39 is 0 Å². The summed E-state index contributed by atoms with van der Waals surface area (Å²) in [7, 11) is 0. The second kappa shape index (κ2) is 6.75. The maximum absolute atomic E-state index is 12.1. The van der Waals surface area contributed by atoms with E-state index >= 15 is 0 Å². The molecule has 5 nitrogen and oxygen atoms in total. The quantitative estimate of drug-likeness (QED) is 0.821. The maximum atomic E-state index is 12.1. The van der Waals surface area contributed by atoms with Crippen LogP contribution in [0.5, 0.6) is 5.75 Å². The molecule has 0 fully saturated rings. The summed E-state index contributed by atoms with van der Waals surface area (Å²) in [4.78, 5) is 16.1. The molecular weight excluding hydrogens is 254 g/mol. The number of nitrogens with zero attached hydrogens (tertiary/aromatic N) is 2. The summed E-state index contributed by atoms with van der Waals surface area (Å²) in [5.74, 6) is 1.17. The summed E-state index contributed by atoms with van der Waals surface area (Å²) in [6, 6.07) is 9.68. The van der Waals surface area contributed by atoms with Crippen molar-refractivity contribution in [2.45, 2.75) is 19.9 Å². The molecule has 0 atom stereocenters. The molecule has 0 amide bonds. The number of ether oxygens (including phenoxy) is 1. The maximum Gasteiger partial charge on any atom is 0.293 e. The molecule has 2 aromatic rings. The number of hydrogen-bond acceptors (Lipinski definition) is 4. The summed E-state index contributed by atoms with van der Waals surface area (Å²) < 4.78 is 7.19. The van der Waals surface area contributed by atoms with Crippen molar-refractivity contribution in [1.29, 1.82) is 0 Å². The van der Waals surface area contributed by atoms with Crippen molar-refractivity contribution in [2.75, 3.05) is 18.5 Å². The highest BCUT2D eigenvalue weighted by atomic mass is 16.5. The summed E-state index contributed by atoms with van der Waals surface area (Å²) in [6.07, 6.45) is 3.32. The molecule has 0 bridgehead atoms. The Hall–Kier alpha value is -2.30. The summed E-state index contributed by atoms with van der Waals surface area (Å²) in [5.41, 5.74) is -0.109. The Balaban J connectivity index is 1.89. The molecule has 20 heavy (non-hydrogen) atoms. The van der Waals surface area contributed by atoms with Crippen molar-refractivity contribution in [2.24, 2.45) is 0 Å². The van der Waals surface area contributed by atoms with Gasteiger partial charge in [0.05, 0.1) is 6.54 Å². The fourth-order valence-corrected chi connectivity index (χ4v) is 1.81. The molecule has 0 aliphatic heterocycles. The van der Waals surface area contributed by atoms with Crippen LogP contribution in [-0.4, -0.2) is 22.7 Å². The van der Waals surface area contributed by atoms with Crippen LogP contribution in [0.1, 0.15) is 19.9 Å². The van der Waals surface area contributed by atoms with Crippen molar-refractivity contribution in [1.82, 2.24) is 9.55 Å². The molecule has 0 saturated carbocycles. The lowest BCUT2D eigenvalue weighted by molar-refractivity contribution is 0.332. The Kier molecular flexibility index (Phi) is 4.76. The van der Waals surface area contributed by atoms with Gasteiger partial charge in [-0.3, -0.25) is 4.79 Å². The average Bonchev–Trinajstić information content (AvgIpc) is 2.46. The largest absolute Gasteiger partial charge is 0.492 e. The van der Waals surface area contributed by atoms with Gasteiger partial charge in [0.25, 0.3) is 5.56 Å². The van der Waals surface area contributed by atoms with Gasteiger partial charge in [0, 0.05) is 18.4 Å². The molecule has 0 unspecified atom stereocenters. The van der Waals surface area contributed by atoms with Crippen molar-refractivity contribution in [3.63, 3.8) is 0 Å². The molecule has 2 rings (SSSR count). The molecular formula is C15H19N3O2. The normalized spacial score (nSPS) is 10.6. The van der Waals surface area contributed by atoms with Crippen molar-refractivity contribution < 1.29 is 4.74 Å². The lowest BCUT2D eigenvalue weighted by atomic mass is 10.3. The number of hydrogen-bond donors (Lipinski definition) is 1. The van der Waals surface area contributed by atoms with Crippen LogP contribution in [0, 0.1) is 0 Å². The van der Waals surface area contributed by atoms with Gasteiger partial charge in [0.1, 0.15) is 12.4 Å². The van der Waals surface area contributed by atoms with E-state index in [0.29, 0.717) is 19.0 Å². The molecule has 5 heteroatoms. The molecule has 1 N–H and O–H groups in total. The van der Waals surface area contributed by atoms with Crippen LogP contribution in [0.2, 0.25) is 0 Å². The topological polar surface area (TPSA) is 56.1 Å². The number of aromatic nitrogens is 2. The minimum Gasteiger partial charge on any atom is -0.492 e. The number of para-hydroxylation sites is 1. The summed E-state index contributed by atoms with van der Waals surface area (Å²) in [5, 5.41) is 3.01. The smallest absolute Gasteiger partial charge is 0.293 e. The first kappa shape index (κ1) is 14.1. The third kappa shape index (κ3) is 3.60.